The Morgan fingerprint density at radius 3 is 1.28 bits per heavy atom. The van der Waals surface area contributed by atoms with Crippen LogP contribution < -0.4 is 24.8 Å². The van der Waals surface area contributed by atoms with Crippen molar-refractivity contribution in [2.75, 3.05) is 23.8 Å². The van der Waals surface area contributed by atoms with Crippen molar-refractivity contribution in [1.29, 1.82) is 0 Å². The second-order valence-electron chi connectivity index (χ2n) is 12.3. The number of rotatable bonds is 18. The average molecular weight is 747 g/mol. The van der Waals surface area contributed by atoms with E-state index in [1.165, 1.54) is 22.7 Å². The van der Waals surface area contributed by atoms with Crippen LogP contribution in [0.15, 0.2) is 108 Å². The van der Waals surface area contributed by atoms with E-state index in [-0.39, 0.29) is 11.8 Å². The summed E-state index contributed by atoms with van der Waals surface area (Å²) in [6, 6.07) is 29.6. The number of nitrogens with one attached hydrogen (secondary N) is 2. The van der Waals surface area contributed by atoms with E-state index < -0.39 is 0 Å². The van der Waals surface area contributed by atoms with E-state index in [4.69, 9.17) is 14.2 Å². The van der Waals surface area contributed by atoms with Gasteiger partial charge in [0.15, 0.2) is 10.3 Å². The number of thiazole rings is 2. The summed E-state index contributed by atoms with van der Waals surface area (Å²) in [6.07, 6.45) is 6.60. The van der Waals surface area contributed by atoms with Crippen molar-refractivity contribution < 1.29 is 23.8 Å². The minimum atomic E-state index is -0.221. The quantitative estimate of drug-likeness (QED) is 0.0842. The van der Waals surface area contributed by atoms with Crippen LogP contribution in [0, 0.1) is 0 Å². The Balaban J connectivity index is 0.973. The maximum atomic E-state index is 12.8. The van der Waals surface area contributed by atoms with E-state index in [1.807, 2.05) is 83.6 Å². The van der Waals surface area contributed by atoms with Gasteiger partial charge in [0.25, 0.3) is 11.8 Å². The first-order valence-electron chi connectivity index (χ1n) is 17.9. The minimum absolute atomic E-state index is 0.221. The average Bonchev–Trinajstić information content (AvgIpc) is 3.86. The Morgan fingerprint density at radius 2 is 0.906 bits per heavy atom. The zero-order chi connectivity index (χ0) is 36.8. The van der Waals surface area contributed by atoms with Crippen LogP contribution in [-0.4, -0.2) is 35.0 Å². The molecule has 0 saturated heterocycles. The first-order valence-corrected chi connectivity index (χ1v) is 19.6. The predicted octanol–water partition coefficient (Wildman–Crippen LogP) is 11.4. The van der Waals surface area contributed by atoms with Gasteiger partial charge in [-0.3, -0.25) is 20.2 Å². The van der Waals surface area contributed by atoms with Gasteiger partial charge in [0.2, 0.25) is 0 Å². The molecular formula is C42H42N4O5S2. The van der Waals surface area contributed by atoms with E-state index in [1.54, 1.807) is 24.3 Å². The molecule has 9 nitrogen and oxygen atoms in total. The lowest BCUT2D eigenvalue weighted by Crippen LogP contribution is -2.11. The van der Waals surface area contributed by atoms with Crippen LogP contribution in [0.3, 0.4) is 0 Å². The first kappa shape index (κ1) is 37.2. The van der Waals surface area contributed by atoms with Crippen LogP contribution in [0.25, 0.3) is 22.5 Å². The summed E-state index contributed by atoms with van der Waals surface area (Å²) in [5.74, 6) is 2.43. The van der Waals surface area contributed by atoms with Crippen molar-refractivity contribution in [1.82, 2.24) is 9.97 Å². The zero-order valence-corrected chi connectivity index (χ0v) is 31.4. The number of carbonyl (C=O) groups is 2. The number of unbranched alkanes of at least 4 members (excludes halogenated alkanes) is 4. The molecule has 11 heteroatoms. The van der Waals surface area contributed by atoms with E-state index in [9.17, 15) is 9.59 Å². The minimum Gasteiger partial charge on any atom is -0.494 e. The monoisotopic (exact) mass is 746 g/mol. The van der Waals surface area contributed by atoms with E-state index in [0.717, 1.165) is 72.5 Å². The smallest absolute Gasteiger partial charge is 0.257 e. The zero-order valence-electron chi connectivity index (χ0n) is 29.8. The molecule has 0 saturated carbocycles. The molecule has 4 aromatic carbocycles. The molecule has 2 aromatic heterocycles. The molecule has 0 bridgehead atoms. The highest BCUT2D eigenvalue weighted by atomic mass is 32.1. The van der Waals surface area contributed by atoms with Crippen LogP contribution in [0.1, 0.15) is 73.1 Å². The third kappa shape index (κ3) is 10.8. The van der Waals surface area contributed by atoms with Crippen molar-refractivity contribution in [2.45, 2.75) is 52.4 Å². The molecule has 0 fully saturated rings. The standard InChI is InChI=1S/C42H42N4O5S2/c1-3-5-7-25-49-33-17-13-31(14-18-33)39(47)45-41-43-37(27-52-41)29-9-21-35(22-10-29)51-36-23-11-30(12-24-36)38-28-53-42(44-38)46-40(48)32-15-19-34(20-16-32)50-26-8-6-4-2/h9-24,27-28H,3-8,25-26H2,1-2H3,(H,43,45,47)(H,44,46,48). The van der Waals surface area contributed by atoms with Gasteiger partial charge in [0.1, 0.15) is 23.0 Å². The van der Waals surface area contributed by atoms with Gasteiger partial charge < -0.3 is 14.2 Å². The number of anilines is 2. The first-order chi connectivity index (χ1) is 26.0. The fourth-order valence-corrected chi connectivity index (χ4v) is 6.71. The van der Waals surface area contributed by atoms with Gasteiger partial charge in [-0.2, -0.15) is 0 Å². The number of nitrogens with zero attached hydrogens (tertiary/aromatic N) is 2. The molecule has 2 N–H and O–H groups in total. The summed E-state index contributed by atoms with van der Waals surface area (Å²) in [7, 11) is 0. The van der Waals surface area contributed by atoms with Gasteiger partial charge in [-0.25, -0.2) is 9.97 Å². The molecular weight excluding hydrogens is 705 g/mol. The van der Waals surface area contributed by atoms with E-state index in [2.05, 4.69) is 34.4 Å². The summed E-state index contributed by atoms with van der Waals surface area (Å²) in [6.45, 7) is 5.67. The molecule has 0 atom stereocenters. The van der Waals surface area contributed by atoms with Gasteiger partial charge in [0, 0.05) is 33.0 Å². The van der Waals surface area contributed by atoms with Gasteiger partial charge >= 0.3 is 0 Å². The number of amides is 2. The van der Waals surface area contributed by atoms with Gasteiger partial charge in [-0.1, -0.05) is 39.5 Å². The molecule has 0 aliphatic heterocycles. The summed E-state index contributed by atoms with van der Waals surface area (Å²) in [5, 5.41) is 10.6. The number of benzene rings is 4. The molecule has 6 aromatic rings. The highest BCUT2D eigenvalue weighted by Crippen LogP contribution is 2.31. The van der Waals surface area contributed by atoms with Crippen LogP contribution in [0.2, 0.25) is 0 Å². The Hall–Kier alpha value is -5.52. The Kier molecular flexibility index (Phi) is 13.2. The topological polar surface area (TPSA) is 112 Å². The van der Waals surface area contributed by atoms with Gasteiger partial charge in [-0.05, 0) is 110 Å². The molecule has 6 rings (SSSR count). The van der Waals surface area contributed by atoms with E-state index >= 15 is 0 Å². The number of hydrogen-bond donors (Lipinski definition) is 2. The van der Waals surface area contributed by atoms with Crippen LogP contribution in [0.4, 0.5) is 10.3 Å². The Bertz CT molecular complexity index is 1910. The molecule has 2 heterocycles. The van der Waals surface area contributed by atoms with Crippen molar-refractivity contribution in [3.8, 4) is 45.5 Å². The number of aromatic nitrogens is 2. The van der Waals surface area contributed by atoms with Crippen molar-refractivity contribution in [3.05, 3.63) is 119 Å². The summed E-state index contributed by atoms with van der Waals surface area (Å²) in [4.78, 5) is 34.8. The largest absolute Gasteiger partial charge is 0.494 e. The summed E-state index contributed by atoms with van der Waals surface area (Å²) in [5.41, 5.74) is 4.42. The number of ether oxygens (including phenoxy) is 3. The van der Waals surface area contributed by atoms with Crippen LogP contribution >= 0.6 is 22.7 Å². The Labute approximate surface area is 318 Å². The van der Waals surface area contributed by atoms with Crippen molar-refractivity contribution in [2.24, 2.45) is 0 Å². The fourth-order valence-electron chi connectivity index (χ4n) is 5.28. The lowest BCUT2D eigenvalue weighted by molar-refractivity contribution is 0.101. The molecule has 272 valence electrons. The molecule has 0 aliphatic carbocycles. The highest BCUT2D eigenvalue weighted by Gasteiger charge is 2.13. The van der Waals surface area contributed by atoms with Crippen LogP contribution in [0.5, 0.6) is 23.0 Å². The molecule has 0 spiro atoms. The SMILES string of the molecule is CCCCCOc1ccc(C(=O)Nc2nc(-c3ccc(Oc4ccc(-c5csc(NC(=O)c6ccc(OCCCCC)cc6)n5)cc4)cc3)cs2)cc1. The van der Waals surface area contributed by atoms with Gasteiger partial charge in [-0.15, -0.1) is 22.7 Å². The van der Waals surface area contributed by atoms with Crippen molar-refractivity contribution in [3.63, 3.8) is 0 Å². The van der Waals surface area contributed by atoms with Crippen molar-refractivity contribution >= 4 is 44.8 Å². The predicted molar refractivity (Wildman–Crippen MR) is 214 cm³/mol. The normalized spacial score (nSPS) is 10.8. The lowest BCUT2D eigenvalue weighted by Gasteiger charge is -2.07. The third-order valence-corrected chi connectivity index (χ3v) is 9.77. The Morgan fingerprint density at radius 1 is 0.528 bits per heavy atom. The molecule has 2 amide bonds. The number of hydrogen-bond acceptors (Lipinski definition) is 9. The van der Waals surface area contributed by atoms with Gasteiger partial charge in [0.05, 0.1) is 24.6 Å². The second kappa shape index (κ2) is 18.8. The maximum absolute atomic E-state index is 12.8. The summed E-state index contributed by atoms with van der Waals surface area (Å²) < 4.78 is 17.6. The molecule has 53 heavy (non-hydrogen) atoms. The second-order valence-corrected chi connectivity index (χ2v) is 14.0. The molecule has 0 unspecified atom stereocenters. The van der Waals surface area contributed by atoms with E-state index in [0.29, 0.717) is 46.1 Å². The highest BCUT2D eigenvalue weighted by molar-refractivity contribution is 7.14. The number of carbonyl (C=O) groups excluding carboxylic acids is 2. The summed E-state index contributed by atoms with van der Waals surface area (Å²) >= 11 is 2.74. The fraction of sp³-hybridized carbons (Fsp3) is 0.238. The lowest BCUT2D eigenvalue weighted by atomic mass is 10.1. The molecule has 0 aliphatic rings. The maximum Gasteiger partial charge on any atom is 0.257 e. The third-order valence-electron chi connectivity index (χ3n) is 8.25. The van der Waals surface area contributed by atoms with Crippen LogP contribution in [-0.2, 0) is 0 Å². The molecule has 0 radical (unpaired) electrons.